The third-order valence-electron chi connectivity index (χ3n) is 2.50. The van der Waals surface area contributed by atoms with E-state index in [-0.39, 0.29) is 11.9 Å². The van der Waals surface area contributed by atoms with E-state index in [1.54, 1.807) is 38.5 Å². The largest absolute Gasteiger partial charge is 0.308 e. The molecule has 0 saturated carbocycles. The van der Waals surface area contributed by atoms with Crippen molar-refractivity contribution < 1.29 is 4.39 Å². The van der Waals surface area contributed by atoms with Gasteiger partial charge in [-0.25, -0.2) is 14.4 Å². The highest BCUT2D eigenvalue weighted by atomic mass is 19.1. The van der Waals surface area contributed by atoms with E-state index < -0.39 is 0 Å². The summed E-state index contributed by atoms with van der Waals surface area (Å²) in [5, 5.41) is 3.04. The minimum absolute atomic E-state index is 0.292. The summed E-state index contributed by atoms with van der Waals surface area (Å²) >= 11 is 0. The maximum atomic E-state index is 13.7. The van der Waals surface area contributed by atoms with E-state index >= 15 is 0 Å². The number of hydrogen-bond donors (Lipinski definition) is 1. The summed E-state index contributed by atoms with van der Waals surface area (Å²) in [4.78, 5) is 12.1. The zero-order chi connectivity index (χ0) is 12.3. The highest BCUT2D eigenvalue weighted by molar-refractivity contribution is 5.26. The lowest BCUT2D eigenvalue weighted by molar-refractivity contribution is 0.564. The lowest BCUT2D eigenvalue weighted by atomic mass is 10.0. The molecule has 1 unspecified atom stereocenters. The van der Waals surface area contributed by atoms with Crippen molar-refractivity contribution in [2.24, 2.45) is 0 Å². The standard InChI is InChI=1S/C12H13FN4/c1-8-16-6-4-11(17-8)12(14-2)9-3-5-15-7-10(9)13/h3-7,12,14H,1-2H3. The molecule has 88 valence electrons. The van der Waals surface area contributed by atoms with Gasteiger partial charge in [-0.3, -0.25) is 4.98 Å². The summed E-state index contributed by atoms with van der Waals surface area (Å²) in [6.07, 6.45) is 4.44. The van der Waals surface area contributed by atoms with Gasteiger partial charge in [0.25, 0.3) is 0 Å². The molecule has 0 bridgehead atoms. The topological polar surface area (TPSA) is 50.7 Å². The predicted molar refractivity (Wildman–Crippen MR) is 61.9 cm³/mol. The first-order chi connectivity index (χ1) is 8.22. The van der Waals surface area contributed by atoms with Crippen LogP contribution in [0, 0.1) is 12.7 Å². The second-order valence-electron chi connectivity index (χ2n) is 3.65. The van der Waals surface area contributed by atoms with E-state index in [2.05, 4.69) is 20.3 Å². The van der Waals surface area contributed by atoms with Crippen LogP contribution in [0.25, 0.3) is 0 Å². The van der Waals surface area contributed by atoms with Gasteiger partial charge in [-0.2, -0.15) is 0 Å². The van der Waals surface area contributed by atoms with Crippen LogP contribution in [0.4, 0.5) is 4.39 Å². The van der Waals surface area contributed by atoms with Crippen LogP contribution >= 0.6 is 0 Å². The van der Waals surface area contributed by atoms with Crippen LogP contribution in [0.1, 0.15) is 23.1 Å². The molecule has 0 amide bonds. The first-order valence-electron chi connectivity index (χ1n) is 5.28. The molecule has 1 N–H and O–H groups in total. The minimum atomic E-state index is -0.344. The van der Waals surface area contributed by atoms with Gasteiger partial charge < -0.3 is 5.32 Å². The SMILES string of the molecule is CNC(c1ccnc(C)n1)c1ccncc1F. The second kappa shape index (κ2) is 4.97. The zero-order valence-corrected chi connectivity index (χ0v) is 9.68. The lowest BCUT2D eigenvalue weighted by Gasteiger charge is -2.16. The Balaban J connectivity index is 2.44. The quantitative estimate of drug-likeness (QED) is 0.873. The summed E-state index contributed by atoms with van der Waals surface area (Å²) in [7, 11) is 1.77. The van der Waals surface area contributed by atoms with Crippen LogP contribution < -0.4 is 5.32 Å². The third kappa shape index (κ3) is 2.45. The van der Waals surface area contributed by atoms with Gasteiger partial charge in [-0.1, -0.05) is 0 Å². The Morgan fingerprint density at radius 2 is 2.12 bits per heavy atom. The average Bonchev–Trinajstić information content (AvgIpc) is 2.33. The van der Waals surface area contributed by atoms with Crippen molar-refractivity contribution in [2.45, 2.75) is 13.0 Å². The normalized spacial score (nSPS) is 12.4. The van der Waals surface area contributed by atoms with Crippen molar-refractivity contribution in [1.29, 1.82) is 0 Å². The molecular weight excluding hydrogens is 219 g/mol. The molecule has 2 aromatic heterocycles. The molecule has 0 aromatic carbocycles. The molecule has 2 aromatic rings. The van der Waals surface area contributed by atoms with Crippen molar-refractivity contribution in [3.8, 4) is 0 Å². The average molecular weight is 232 g/mol. The van der Waals surface area contributed by atoms with Crippen molar-refractivity contribution in [3.63, 3.8) is 0 Å². The molecule has 1 atom stereocenters. The van der Waals surface area contributed by atoms with Gasteiger partial charge >= 0.3 is 0 Å². The highest BCUT2D eigenvalue weighted by Gasteiger charge is 2.17. The lowest BCUT2D eigenvalue weighted by Crippen LogP contribution is -2.20. The molecular formula is C12H13FN4. The van der Waals surface area contributed by atoms with Crippen molar-refractivity contribution in [3.05, 3.63) is 53.6 Å². The Labute approximate surface area is 99.0 Å². The van der Waals surface area contributed by atoms with Gasteiger partial charge in [0.1, 0.15) is 11.6 Å². The summed E-state index contributed by atoms with van der Waals surface area (Å²) in [6.45, 7) is 1.80. The summed E-state index contributed by atoms with van der Waals surface area (Å²) in [5.41, 5.74) is 1.27. The number of aryl methyl sites for hydroxylation is 1. The Hall–Kier alpha value is -1.88. The number of nitrogens with one attached hydrogen (secondary N) is 1. The molecule has 0 aliphatic rings. The summed E-state index contributed by atoms with van der Waals surface area (Å²) in [6, 6.07) is 3.13. The van der Waals surface area contributed by atoms with Crippen LogP contribution in [0.3, 0.4) is 0 Å². The highest BCUT2D eigenvalue weighted by Crippen LogP contribution is 2.21. The molecule has 17 heavy (non-hydrogen) atoms. The monoisotopic (exact) mass is 232 g/mol. The first-order valence-corrected chi connectivity index (χ1v) is 5.28. The van der Waals surface area contributed by atoms with Gasteiger partial charge in [0.2, 0.25) is 0 Å². The van der Waals surface area contributed by atoms with E-state index in [1.165, 1.54) is 6.20 Å². The fourth-order valence-electron chi connectivity index (χ4n) is 1.72. The Morgan fingerprint density at radius 3 is 2.76 bits per heavy atom. The van der Waals surface area contributed by atoms with Crippen LogP contribution in [0.2, 0.25) is 0 Å². The number of pyridine rings is 1. The number of nitrogens with zero attached hydrogens (tertiary/aromatic N) is 3. The first kappa shape index (κ1) is 11.6. The van der Waals surface area contributed by atoms with Crippen LogP contribution in [0.5, 0.6) is 0 Å². The van der Waals surface area contributed by atoms with E-state index in [9.17, 15) is 4.39 Å². The maximum absolute atomic E-state index is 13.7. The Morgan fingerprint density at radius 1 is 1.29 bits per heavy atom. The summed E-state index contributed by atoms with van der Waals surface area (Å²) in [5.74, 6) is 0.320. The van der Waals surface area contributed by atoms with Gasteiger partial charge in [0, 0.05) is 18.0 Å². The van der Waals surface area contributed by atoms with Gasteiger partial charge in [-0.05, 0) is 26.1 Å². The predicted octanol–water partition coefficient (Wildman–Crippen LogP) is 1.63. The molecule has 5 heteroatoms. The number of halogens is 1. The second-order valence-corrected chi connectivity index (χ2v) is 3.65. The van der Waals surface area contributed by atoms with E-state index in [0.717, 1.165) is 5.69 Å². The molecule has 2 rings (SSSR count). The number of rotatable bonds is 3. The van der Waals surface area contributed by atoms with Gasteiger partial charge in [0.15, 0.2) is 0 Å². The molecule has 0 fully saturated rings. The summed E-state index contributed by atoms with van der Waals surface area (Å²) < 4.78 is 13.7. The molecule has 0 radical (unpaired) electrons. The van der Waals surface area contributed by atoms with Crippen molar-refractivity contribution in [2.75, 3.05) is 7.05 Å². The zero-order valence-electron chi connectivity index (χ0n) is 9.68. The molecule has 2 heterocycles. The van der Waals surface area contributed by atoms with E-state index in [0.29, 0.717) is 11.4 Å². The smallest absolute Gasteiger partial charge is 0.146 e. The molecule has 0 spiro atoms. The number of aromatic nitrogens is 3. The Kier molecular flexibility index (Phi) is 3.39. The van der Waals surface area contributed by atoms with Crippen molar-refractivity contribution in [1.82, 2.24) is 20.3 Å². The van der Waals surface area contributed by atoms with Crippen LogP contribution in [-0.4, -0.2) is 22.0 Å². The molecule has 0 aliphatic carbocycles. The van der Waals surface area contributed by atoms with Crippen LogP contribution in [0.15, 0.2) is 30.7 Å². The number of hydrogen-bond acceptors (Lipinski definition) is 4. The van der Waals surface area contributed by atoms with Crippen LogP contribution in [-0.2, 0) is 0 Å². The van der Waals surface area contributed by atoms with E-state index in [1.807, 2.05) is 0 Å². The van der Waals surface area contributed by atoms with Gasteiger partial charge in [-0.15, -0.1) is 0 Å². The van der Waals surface area contributed by atoms with E-state index in [4.69, 9.17) is 0 Å². The molecule has 0 saturated heterocycles. The third-order valence-corrected chi connectivity index (χ3v) is 2.50. The molecule has 4 nitrogen and oxygen atoms in total. The van der Waals surface area contributed by atoms with Crippen molar-refractivity contribution >= 4 is 0 Å². The fraction of sp³-hybridized carbons (Fsp3) is 0.250. The van der Waals surface area contributed by atoms with Gasteiger partial charge in [0.05, 0.1) is 17.9 Å². The minimum Gasteiger partial charge on any atom is -0.308 e. The maximum Gasteiger partial charge on any atom is 0.146 e. The Bertz CT molecular complexity index is 515. The fourth-order valence-corrected chi connectivity index (χ4v) is 1.72. The molecule has 0 aliphatic heterocycles.